The lowest BCUT2D eigenvalue weighted by Crippen LogP contribution is -2.44. The summed E-state index contributed by atoms with van der Waals surface area (Å²) in [7, 11) is 0. The van der Waals surface area contributed by atoms with Crippen LogP contribution in [0.1, 0.15) is 33.6 Å². The number of fused-ring (bicyclic) bond motifs is 1. The Hall–Kier alpha value is -1.80. The van der Waals surface area contributed by atoms with E-state index in [9.17, 15) is 14.9 Å². The lowest BCUT2D eigenvalue weighted by molar-refractivity contribution is -0.385. The first-order valence-corrected chi connectivity index (χ1v) is 10.4. The molecule has 1 saturated heterocycles. The molecule has 0 unspecified atom stereocenters. The van der Waals surface area contributed by atoms with Gasteiger partial charge in [-0.15, -0.1) is 11.8 Å². The first-order chi connectivity index (χ1) is 12.7. The number of rotatable bonds is 5. The Morgan fingerprint density at radius 1 is 1.33 bits per heavy atom. The number of nitro benzene ring substituents is 1. The number of esters is 1. The maximum Gasteiger partial charge on any atom is 0.323 e. The highest BCUT2D eigenvalue weighted by Gasteiger charge is 2.34. The van der Waals surface area contributed by atoms with E-state index in [0.717, 1.165) is 55.4 Å². The van der Waals surface area contributed by atoms with Gasteiger partial charge in [-0.05, 0) is 46.2 Å². The largest absolute Gasteiger partial charge is 0.459 e. The third-order valence-electron chi connectivity index (χ3n) is 4.81. The van der Waals surface area contributed by atoms with E-state index >= 15 is 0 Å². The molecule has 148 valence electrons. The lowest BCUT2D eigenvalue weighted by Gasteiger charge is -2.33. The van der Waals surface area contributed by atoms with Crippen LogP contribution in [0.5, 0.6) is 0 Å². The highest BCUT2D eigenvalue weighted by Crippen LogP contribution is 2.37. The number of hydrogen-bond donors (Lipinski definition) is 0. The van der Waals surface area contributed by atoms with E-state index in [-0.39, 0.29) is 22.6 Å². The summed E-state index contributed by atoms with van der Waals surface area (Å²) >= 11 is 1.66. The van der Waals surface area contributed by atoms with E-state index in [1.54, 1.807) is 23.9 Å². The predicted octanol–water partition coefficient (Wildman–Crippen LogP) is 3.31. The Kier molecular flexibility index (Phi) is 5.95. The van der Waals surface area contributed by atoms with E-state index in [1.807, 2.05) is 26.8 Å². The van der Waals surface area contributed by atoms with Gasteiger partial charge in [0, 0.05) is 42.4 Å². The van der Waals surface area contributed by atoms with Gasteiger partial charge in [-0.2, -0.15) is 0 Å². The molecule has 2 aliphatic heterocycles. The molecule has 2 heterocycles. The van der Waals surface area contributed by atoms with Crippen molar-refractivity contribution >= 4 is 29.1 Å². The molecule has 0 bridgehead atoms. The summed E-state index contributed by atoms with van der Waals surface area (Å²) in [6.45, 7) is 9.07. The molecule has 27 heavy (non-hydrogen) atoms. The number of thioether (sulfide) groups is 1. The predicted molar refractivity (Wildman–Crippen MR) is 106 cm³/mol. The number of nitro groups is 1. The van der Waals surface area contributed by atoms with Crippen molar-refractivity contribution in [2.45, 2.75) is 50.2 Å². The van der Waals surface area contributed by atoms with Gasteiger partial charge in [0.05, 0.1) is 10.6 Å². The van der Waals surface area contributed by atoms with Crippen LogP contribution in [-0.4, -0.2) is 59.4 Å². The van der Waals surface area contributed by atoms with Gasteiger partial charge in [-0.1, -0.05) is 0 Å². The monoisotopic (exact) mass is 393 g/mol. The summed E-state index contributed by atoms with van der Waals surface area (Å²) in [4.78, 5) is 28.6. The van der Waals surface area contributed by atoms with E-state index < -0.39 is 5.60 Å². The number of carbonyl (C=O) groups excluding carboxylic acids is 1. The van der Waals surface area contributed by atoms with Crippen LogP contribution in [0, 0.1) is 10.1 Å². The third kappa shape index (κ3) is 4.93. The zero-order chi connectivity index (χ0) is 19.6. The molecule has 1 fully saturated rings. The zero-order valence-corrected chi connectivity index (χ0v) is 17.0. The summed E-state index contributed by atoms with van der Waals surface area (Å²) in [5.74, 6) is 0.772. The maximum absolute atomic E-state index is 12.5. The van der Waals surface area contributed by atoms with Crippen LogP contribution in [-0.2, 0) is 9.53 Å². The highest BCUT2D eigenvalue weighted by molar-refractivity contribution is 7.99. The standard InChI is InChI=1S/C19H27N3O4S/c1-19(2,3)26-18(23)16-5-4-8-20(16)9-10-21-11-12-27-17-13-14(22(24)25)6-7-15(17)21/h6-7,13,16H,4-5,8-12H2,1-3H3/t16-/m0/s1. The number of benzene rings is 1. The van der Waals surface area contributed by atoms with Crippen molar-refractivity contribution in [2.24, 2.45) is 0 Å². The minimum Gasteiger partial charge on any atom is -0.459 e. The summed E-state index contributed by atoms with van der Waals surface area (Å²) in [5, 5.41) is 11.0. The van der Waals surface area contributed by atoms with Gasteiger partial charge >= 0.3 is 5.97 Å². The number of non-ortho nitro benzene ring substituents is 1. The summed E-state index contributed by atoms with van der Waals surface area (Å²) < 4.78 is 5.57. The Morgan fingerprint density at radius 2 is 2.11 bits per heavy atom. The van der Waals surface area contributed by atoms with E-state index in [1.165, 1.54) is 0 Å². The van der Waals surface area contributed by atoms with Gasteiger partial charge < -0.3 is 9.64 Å². The second-order valence-electron chi connectivity index (χ2n) is 7.97. The molecule has 8 heteroatoms. The van der Waals surface area contributed by atoms with Crippen molar-refractivity contribution in [3.05, 3.63) is 28.3 Å². The first kappa shape index (κ1) is 19.9. The fraction of sp³-hybridized carbons (Fsp3) is 0.632. The number of hydrogen-bond acceptors (Lipinski definition) is 7. The Balaban J connectivity index is 1.64. The molecule has 0 spiro atoms. The molecule has 7 nitrogen and oxygen atoms in total. The average molecular weight is 394 g/mol. The molecule has 1 aromatic rings. The van der Waals surface area contributed by atoms with Gasteiger partial charge in [-0.25, -0.2) is 0 Å². The van der Waals surface area contributed by atoms with Crippen molar-refractivity contribution in [3.8, 4) is 0 Å². The number of nitrogens with zero attached hydrogens (tertiary/aromatic N) is 3. The minimum absolute atomic E-state index is 0.132. The SMILES string of the molecule is CC(C)(C)OC(=O)[C@@H]1CCCN1CCN1CCSc2cc([N+](=O)[O-])ccc21. The Labute approximate surface area is 164 Å². The van der Waals surface area contributed by atoms with Crippen LogP contribution in [0.15, 0.2) is 23.1 Å². The Morgan fingerprint density at radius 3 is 2.81 bits per heavy atom. The summed E-state index contributed by atoms with van der Waals surface area (Å²) in [6.07, 6.45) is 1.84. The fourth-order valence-corrected chi connectivity index (χ4v) is 4.67. The van der Waals surface area contributed by atoms with Crippen LogP contribution in [0.25, 0.3) is 0 Å². The van der Waals surface area contributed by atoms with Crippen molar-refractivity contribution in [3.63, 3.8) is 0 Å². The highest BCUT2D eigenvalue weighted by atomic mass is 32.2. The van der Waals surface area contributed by atoms with Crippen LogP contribution in [0.4, 0.5) is 11.4 Å². The minimum atomic E-state index is -0.469. The lowest BCUT2D eigenvalue weighted by atomic mass is 10.1. The van der Waals surface area contributed by atoms with E-state index in [0.29, 0.717) is 0 Å². The number of carbonyl (C=O) groups is 1. The van der Waals surface area contributed by atoms with Gasteiger partial charge in [0.15, 0.2) is 0 Å². The Bertz CT molecular complexity index is 719. The zero-order valence-electron chi connectivity index (χ0n) is 16.1. The molecule has 3 rings (SSSR count). The van der Waals surface area contributed by atoms with Crippen LogP contribution < -0.4 is 4.90 Å². The molecular formula is C19H27N3O4S. The van der Waals surface area contributed by atoms with Gasteiger partial charge in [0.1, 0.15) is 11.6 Å². The molecule has 2 aliphatic rings. The van der Waals surface area contributed by atoms with Crippen LogP contribution in [0.3, 0.4) is 0 Å². The molecule has 0 saturated carbocycles. The fourth-order valence-electron chi connectivity index (χ4n) is 3.59. The molecule has 0 aliphatic carbocycles. The molecule has 0 N–H and O–H groups in total. The maximum atomic E-state index is 12.5. The van der Waals surface area contributed by atoms with Crippen molar-refractivity contribution < 1.29 is 14.5 Å². The molecule has 0 amide bonds. The third-order valence-corrected chi connectivity index (χ3v) is 5.84. The van der Waals surface area contributed by atoms with Crippen molar-refractivity contribution in [1.82, 2.24) is 4.90 Å². The second-order valence-corrected chi connectivity index (χ2v) is 9.11. The molecule has 0 radical (unpaired) electrons. The van der Waals surface area contributed by atoms with E-state index in [2.05, 4.69) is 9.80 Å². The normalized spacial score (nSPS) is 20.4. The number of anilines is 1. The first-order valence-electron chi connectivity index (χ1n) is 9.38. The summed E-state index contributed by atoms with van der Waals surface area (Å²) in [6, 6.07) is 4.90. The molecular weight excluding hydrogens is 366 g/mol. The number of likely N-dealkylation sites (tertiary alicyclic amines) is 1. The van der Waals surface area contributed by atoms with Crippen LogP contribution >= 0.6 is 11.8 Å². The van der Waals surface area contributed by atoms with Crippen molar-refractivity contribution in [2.75, 3.05) is 36.8 Å². The van der Waals surface area contributed by atoms with Gasteiger partial charge in [-0.3, -0.25) is 19.8 Å². The smallest absolute Gasteiger partial charge is 0.323 e. The molecule has 1 aromatic carbocycles. The number of ether oxygens (including phenoxy) is 1. The van der Waals surface area contributed by atoms with E-state index in [4.69, 9.17) is 4.74 Å². The molecule has 1 atom stereocenters. The van der Waals surface area contributed by atoms with Gasteiger partial charge in [0.25, 0.3) is 5.69 Å². The average Bonchev–Trinajstić information content (AvgIpc) is 3.06. The van der Waals surface area contributed by atoms with Crippen LogP contribution in [0.2, 0.25) is 0 Å². The quantitative estimate of drug-likeness (QED) is 0.431. The molecule has 0 aromatic heterocycles. The second kappa shape index (κ2) is 8.06. The topological polar surface area (TPSA) is 75.9 Å². The summed E-state index contributed by atoms with van der Waals surface area (Å²) in [5.41, 5.74) is 0.709. The van der Waals surface area contributed by atoms with Gasteiger partial charge in [0.2, 0.25) is 0 Å². The van der Waals surface area contributed by atoms with Crippen molar-refractivity contribution in [1.29, 1.82) is 0 Å².